The lowest BCUT2D eigenvalue weighted by atomic mass is 10.1. The average Bonchev–Trinajstić information content (AvgIpc) is 2.35. The molecule has 1 unspecified atom stereocenters. The van der Waals surface area contributed by atoms with Crippen molar-refractivity contribution in [3.05, 3.63) is 29.6 Å². The van der Waals surface area contributed by atoms with E-state index in [1.807, 2.05) is 6.92 Å². The molecule has 3 nitrogen and oxygen atoms in total. The number of halogens is 2. The Hall–Kier alpha value is -1.29. The Morgan fingerprint density at radius 1 is 1.59 bits per heavy atom. The van der Waals surface area contributed by atoms with E-state index >= 15 is 0 Å². The molecule has 0 radical (unpaired) electrons. The Labute approximate surface area is 105 Å². The zero-order chi connectivity index (χ0) is 13.0. The third-order valence-electron chi connectivity index (χ3n) is 2.60. The summed E-state index contributed by atoms with van der Waals surface area (Å²) in [5, 5.41) is 0. The SMILES string of the molecule is COc1ccc(C(=O)N(C)C(C)CCl)cc1F. The first-order valence-corrected chi connectivity index (χ1v) is 5.71. The maximum atomic E-state index is 13.4. The number of ether oxygens (including phenoxy) is 1. The molecule has 0 saturated carbocycles. The molecule has 0 spiro atoms. The standard InChI is InChI=1S/C12H15ClFNO2/c1-8(7-13)15(2)12(16)9-4-5-11(17-3)10(14)6-9/h4-6,8H,7H2,1-3H3. The molecule has 0 saturated heterocycles. The van der Waals surface area contributed by atoms with Gasteiger partial charge in [-0.2, -0.15) is 0 Å². The zero-order valence-electron chi connectivity index (χ0n) is 10.0. The van der Waals surface area contributed by atoms with Crippen molar-refractivity contribution in [2.24, 2.45) is 0 Å². The lowest BCUT2D eigenvalue weighted by molar-refractivity contribution is 0.0756. The molecule has 1 aromatic rings. The van der Waals surface area contributed by atoms with Crippen molar-refractivity contribution in [2.45, 2.75) is 13.0 Å². The molecule has 5 heteroatoms. The number of methoxy groups -OCH3 is 1. The van der Waals surface area contributed by atoms with Crippen LogP contribution < -0.4 is 4.74 Å². The van der Waals surface area contributed by atoms with Gasteiger partial charge in [0, 0.05) is 24.5 Å². The van der Waals surface area contributed by atoms with Gasteiger partial charge in [0.15, 0.2) is 11.6 Å². The molecule has 0 fully saturated rings. The van der Waals surface area contributed by atoms with Crippen LogP contribution in [0.1, 0.15) is 17.3 Å². The molecule has 0 heterocycles. The maximum Gasteiger partial charge on any atom is 0.253 e. The van der Waals surface area contributed by atoms with Crippen LogP contribution in [0.2, 0.25) is 0 Å². The van der Waals surface area contributed by atoms with Crippen molar-refractivity contribution in [2.75, 3.05) is 20.0 Å². The Morgan fingerprint density at radius 3 is 2.71 bits per heavy atom. The van der Waals surface area contributed by atoms with E-state index in [1.54, 1.807) is 7.05 Å². The molecule has 94 valence electrons. The monoisotopic (exact) mass is 259 g/mol. The first-order chi connectivity index (χ1) is 8.01. The van der Waals surface area contributed by atoms with Gasteiger partial charge in [0.25, 0.3) is 5.91 Å². The Bertz CT molecular complexity index is 411. The fourth-order valence-corrected chi connectivity index (χ4v) is 1.51. The predicted molar refractivity (Wildman–Crippen MR) is 65.2 cm³/mol. The number of rotatable bonds is 4. The van der Waals surface area contributed by atoms with E-state index < -0.39 is 5.82 Å². The molecule has 17 heavy (non-hydrogen) atoms. The van der Waals surface area contributed by atoms with Crippen LogP contribution in [0.25, 0.3) is 0 Å². The van der Waals surface area contributed by atoms with Gasteiger partial charge in [-0.3, -0.25) is 4.79 Å². The molecular formula is C12H15ClFNO2. The zero-order valence-corrected chi connectivity index (χ0v) is 10.8. The van der Waals surface area contributed by atoms with E-state index in [-0.39, 0.29) is 23.3 Å². The van der Waals surface area contributed by atoms with E-state index in [2.05, 4.69) is 0 Å². The minimum absolute atomic E-state index is 0.102. The van der Waals surface area contributed by atoms with Crippen LogP contribution in [-0.4, -0.2) is 36.9 Å². The van der Waals surface area contributed by atoms with Crippen LogP contribution in [0.4, 0.5) is 4.39 Å². The summed E-state index contributed by atoms with van der Waals surface area (Å²) in [5.74, 6) is -0.361. The van der Waals surface area contributed by atoms with Crippen molar-refractivity contribution >= 4 is 17.5 Å². The number of carbonyl (C=O) groups excluding carboxylic acids is 1. The third kappa shape index (κ3) is 3.09. The molecule has 0 aliphatic carbocycles. The molecule has 0 aliphatic rings. The lowest BCUT2D eigenvalue weighted by Crippen LogP contribution is -2.36. The number of hydrogen-bond acceptors (Lipinski definition) is 2. The van der Waals surface area contributed by atoms with E-state index in [1.165, 1.54) is 30.2 Å². The summed E-state index contributed by atoms with van der Waals surface area (Å²) in [6.07, 6.45) is 0. The number of benzene rings is 1. The van der Waals surface area contributed by atoms with Gasteiger partial charge < -0.3 is 9.64 Å². The van der Waals surface area contributed by atoms with Gasteiger partial charge in [0.05, 0.1) is 7.11 Å². The van der Waals surface area contributed by atoms with Crippen LogP contribution in [-0.2, 0) is 0 Å². The number of amides is 1. The van der Waals surface area contributed by atoms with Gasteiger partial charge >= 0.3 is 0 Å². The number of hydrogen-bond donors (Lipinski definition) is 0. The van der Waals surface area contributed by atoms with Crippen LogP contribution >= 0.6 is 11.6 Å². The normalized spacial score (nSPS) is 12.1. The summed E-state index contributed by atoms with van der Waals surface area (Å²) in [5.41, 5.74) is 0.280. The summed E-state index contributed by atoms with van der Waals surface area (Å²) >= 11 is 5.67. The molecule has 1 amide bonds. The lowest BCUT2D eigenvalue weighted by Gasteiger charge is -2.23. The van der Waals surface area contributed by atoms with Crippen molar-refractivity contribution in [1.29, 1.82) is 0 Å². The highest BCUT2D eigenvalue weighted by Crippen LogP contribution is 2.19. The van der Waals surface area contributed by atoms with Crippen molar-refractivity contribution in [3.63, 3.8) is 0 Å². The van der Waals surface area contributed by atoms with Crippen molar-refractivity contribution < 1.29 is 13.9 Å². The van der Waals surface area contributed by atoms with Crippen LogP contribution in [0.5, 0.6) is 5.75 Å². The average molecular weight is 260 g/mol. The molecule has 0 aromatic heterocycles. The highest BCUT2D eigenvalue weighted by Gasteiger charge is 2.18. The van der Waals surface area contributed by atoms with E-state index in [0.717, 1.165) is 0 Å². The summed E-state index contributed by atoms with van der Waals surface area (Å²) in [6, 6.07) is 4.02. The fraction of sp³-hybridized carbons (Fsp3) is 0.417. The second-order valence-electron chi connectivity index (χ2n) is 3.77. The quantitative estimate of drug-likeness (QED) is 0.778. The summed E-state index contributed by atoms with van der Waals surface area (Å²) < 4.78 is 18.2. The molecular weight excluding hydrogens is 245 g/mol. The Morgan fingerprint density at radius 2 is 2.24 bits per heavy atom. The van der Waals surface area contributed by atoms with Crippen LogP contribution in [0.3, 0.4) is 0 Å². The topological polar surface area (TPSA) is 29.5 Å². The van der Waals surface area contributed by atoms with E-state index in [9.17, 15) is 9.18 Å². The van der Waals surface area contributed by atoms with Gasteiger partial charge in [-0.15, -0.1) is 11.6 Å². The second kappa shape index (κ2) is 5.87. The third-order valence-corrected chi connectivity index (χ3v) is 3.05. The van der Waals surface area contributed by atoms with E-state index in [4.69, 9.17) is 16.3 Å². The molecule has 1 rings (SSSR count). The molecule has 0 aliphatic heterocycles. The summed E-state index contributed by atoms with van der Waals surface area (Å²) in [7, 11) is 3.01. The van der Waals surface area contributed by atoms with Gasteiger partial charge in [-0.25, -0.2) is 4.39 Å². The number of carbonyl (C=O) groups is 1. The molecule has 1 aromatic carbocycles. The fourth-order valence-electron chi connectivity index (χ4n) is 1.31. The molecule has 1 atom stereocenters. The smallest absolute Gasteiger partial charge is 0.253 e. The van der Waals surface area contributed by atoms with Crippen molar-refractivity contribution in [1.82, 2.24) is 4.90 Å². The van der Waals surface area contributed by atoms with E-state index in [0.29, 0.717) is 5.88 Å². The minimum Gasteiger partial charge on any atom is -0.494 e. The number of alkyl halides is 1. The molecule has 0 N–H and O–H groups in total. The highest BCUT2D eigenvalue weighted by atomic mass is 35.5. The Kier molecular flexibility index (Phi) is 4.75. The number of nitrogens with zero attached hydrogens (tertiary/aromatic N) is 1. The summed E-state index contributed by atoms with van der Waals surface area (Å²) in [4.78, 5) is 13.4. The first-order valence-electron chi connectivity index (χ1n) is 5.18. The first kappa shape index (κ1) is 13.8. The van der Waals surface area contributed by atoms with Gasteiger partial charge in [0.1, 0.15) is 0 Å². The molecule has 0 bridgehead atoms. The van der Waals surface area contributed by atoms with Crippen LogP contribution in [0.15, 0.2) is 18.2 Å². The second-order valence-corrected chi connectivity index (χ2v) is 4.08. The summed E-state index contributed by atoms with van der Waals surface area (Å²) in [6.45, 7) is 1.82. The maximum absolute atomic E-state index is 13.4. The van der Waals surface area contributed by atoms with Gasteiger partial charge in [0.2, 0.25) is 0 Å². The van der Waals surface area contributed by atoms with Gasteiger partial charge in [-0.1, -0.05) is 0 Å². The predicted octanol–water partition coefficient (Wildman–Crippen LogP) is 2.53. The Balaban J connectivity index is 2.93. The minimum atomic E-state index is -0.551. The highest BCUT2D eigenvalue weighted by molar-refractivity contribution is 6.18. The largest absolute Gasteiger partial charge is 0.494 e. The van der Waals surface area contributed by atoms with Crippen molar-refractivity contribution in [3.8, 4) is 5.75 Å². The van der Waals surface area contributed by atoms with Gasteiger partial charge in [-0.05, 0) is 25.1 Å². The van der Waals surface area contributed by atoms with Crippen LogP contribution in [0, 0.1) is 5.82 Å².